The van der Waals surface area contributed by atoms with Gasteiger partial charge in [0.25, 0.3) is 0 Å². The second kappa shape index (κ2) is 6.76. The lowest BCUT2D eigenvalue weighted by molar-refractivity contribution is 0.0879. The van der Waals surface area contributed by atoms with E-state index in [9.17, 15) is 4.39 Å². The van der Waals surface area contributed by atoms with Crippen LogP contribution in [0.2, 0.25) is 0 Å². The molecule has 0 bridgehead atoms. The quantitative estimate of drug-likeness (QED) is 0.874. The molecule has 0 aliphatic carbocycles. The van der Waals surface area contributed by atoms with Crippen molar-refractivity contribution in [2.75, 3.05) is 39.8 Å². The smallest absolute Gasteiger partial charge is 0.124 e. The van der Waals surface area contributed by atoms with E-state index in [0.29, 0.717) is 6.54 Å². The topological polar surface area (TPSA) is 44.5 Å². The molecule has 1 aliphatic heterocycles. The summed E-state index contributed by atoms with van der Waals surface area (Å²) in [6, 6.07) is 4.72. The molecule has 1 fully saturated rings. The van der Waals surface area contributed by atoms with Crippen LogP contribution in [0.15, 0.2) is 22.7 Å². The van der Waals surface area contributed by atoms with Gasteiger partial charge in [-0.2, -0.15) is 0 Å². The minimum Gasteiger partial charge on any atom is -0.329 e. The maximum absolute atomic E-state index is 13.1. The van der Waals surface area contributed by atoms with Gasteiger partial charge in [0.05, 0.1) is 6.04 Å². The van der Waals surface area contributed by atoms with Crippen LogP contribution in [0, 0.1) is 5.82 Å². The summed E-state index contributed by atoms with van der Waals surface area (Å²) in [5.74, 6) is -0.244. The van der Waals surface area contributed by atoms with Crippen molar-refractivity contribution < 1.29 is 4.39 Å². The van der Waals surface area contributed by atoms with E-state index >= 15 is 0 Å². The first kappa shape index (κ1) is 14.9. The van der Waals surface area contributed by atoms with Gasteiger partial charge >= 0.3 is 0 Å². The van der Waals surface area contributed by atoms with Crippen LogP contribution in [0.5, 0.6) is 0 Å². The Morgan fingerprint density at radius 2 is 2.05 bits per heavy atom. The highest BCUT2D eigenvalue weighted by Crippen LogP contribution is 2.24. The molecule has 1 atom stereocenters. The van der Waals surface area contributed by atoms with Crippen LogP contribution in [-0.4, -0.2) is 49.7 Å². The number of rotatable bonds is 4. The maximum Gasteiger partial charge on any atom is 0.124 e. The van der Waals surface area contributed by atoms with Crippen LogP contribution in [-0.2, 0) is 0 Å². The molecule has 1 heterocycles. The second-order valence-corrected chi connectivity index (χ2v) is 5.73. The summed E-state index contributed by atoms with van der Waals surface area (Å²) in [6.45, 7) is 4.47. The molecule has 1 saturated heterocycles. The predicted molar refractivity (Wildman–Crippen MR) is 78.1 cm³/mol. The standard InChI is InChI=1S/C13H20BrFN4/c1-18-4-6-19(7-5-18)17-13(9-16)11-3-2-10(15)8-12(11)14/h2-3,8,13,17H,4-7,9,16H2,1H3. The number of nitrogens with zero attached hydrogens (tertiary/aromatic N) is 2. The van der Waals surface area contributed by atoms with Gasteiger partial charge in [0.15, 0.2) is 0 Å². The highest BCUT2D eigenvalue weighted by molar-refractivity contribution is 9.10. The van der Waals surface area contributed by atoms with E-state index in [1.54, 1.807) is 6.07 Å². The van der Waals surface area contributed by atoms with Gasteiger partial charge < -0.3 is 10.6 Å². The Morgan fingerprint density at radius 1 is 1.37 bits per heavy atom. The number of halogens is 2. The van der Waals surface area contributed by atoms with Crippen LogP contribution < -0.4 is 11.2 Å². The fraction of sp³-hybridized carbons (Fsp3) is 0.538. The average Bonchev–Trinajstić information content (AvgIpc) is 2.39. The first-order valence-corrected chi connectivity index (χ1v) is 7.24. The highest BCUT2D eigenvalue weighted by atomic mass is 79.9. The predicted octanol–water partition coefficient (Wildman–Crippen LogP) is 1.34. The minimum atomic E-state index is -0.244. The number of hydrazine groups is 1. The number of nitrogens with two attached hydrogens (primary N) is 1. The molecule has 0 spiro atoms. The molecule has 0 saturated carbocycles. The van der Waals surface area contributed by atoms with E-state index in [4.69, 9.17) is 5.73 Å². The summed E-state index contributed by atoms with van der Waals surface area (Å²) in [6.07, 6.45) is 0. The Kier molecular flexibility index (Phi) is 5.29. The Bertz CT molecular complexity index is 421. The van der Waals surface area contributed by atoms with Gasteiger partial charge in [-0.05, 0) is 24.7 Å². The molecule has 0 radical (unpaired) electrons. The molecule has 1 aliphatic rings. The number of hydrogen-bond donors (Lipinski definition) is 2. The van der Waals surface area contributed by atoms with Gasteiger partial charge in [-0.15, -0.1) is 0 Å². The van der Waals surface area contributed by atoms with E-state index < -0.39 is 0 Å². The van der Waals surface area contributed by atoms with Gasteiger partial charge in [0, 0.05) is 37.2 Å². The summed E-state index contributed by atoms with van der Waals surface area (Å²) in [4.78, 5) is 2.30. The van der Waals surface area contributed by atoms with Gasteiger partial charge in [-0.3, -0.25) is 0 Å². The monoisotopic (exact) mass is 330 g/mol. The molecule has 0 amide bonds. The molecule has 1 aromatic rings. The lowest BCUT2D eigenvalue weighted by atomic mass is 10.1. The molecule has 2 rings (SSSR count). The van der Waals surface area contributed by atoms with E-state index in [-0.39, 0.29) is 11.9 Å². The first-order valence-electron chi connectivity index (χ1n) is 6.45. The average molecular weight is 331 g/mol. The van der Waals surface area contributed by atoms with Crippen molar-refractivity contribution in [2.45, 2.75) is 6.04 Å². The third-order valence-corrected chi connectivity index (χ3v) is 4.10. The maximum atomic E-state index is 13.1. The Labute approximate surface area is 121 Å². The Morgan fingerprint density at radius 3 is 2.63 bits per heavy atom. The van der Waals surface area contributed by atoms with E-state index in [0.717, 1.165) is 36.2 Å². The van der Waals surface area contributed by atoms with Crippen molar-refractivity contribution in [1.29, 1.82) is 0 Å². The zero-order chi connectivity index (χ0) is 13.8. The van der Waals surface area contributed by atoms with Crippen molar-refractivity contribution in [3.8, 4) is 0 Å². The summed E-state index contributed by atoms with van der Waals surface area (Å²) in [7, 11) is 2.12. The molecular formula is C13H20BrFN4. The molecule has 1 unspecified atom stereocenters. The number of benzene rings is 1. The second-order valence-electron chi connectivity index (χ2n) is 4.87. The first-order chi connectivity index (χ1) is 9.10. The molecule has 4 nitrogen and oxygen atoms in total. The van der Waals surface area contributed by atoms with Crippen LogP contribution in [0.3, 0.4) is 0 Å². The molecule has 19 heavy (non-hydrogen) atoms. The largest absolute Gasteiger partial charge is 0.329 e. The lowest BCUT2D eigenvalue weighted by Crippen LogP contribution is -2.52. The van der Waals surface area contributed by atoms with Gasteiger partial charge in [-0.25, -0.2) is 14.8 Å². The third kappa shape index (κ3) is 3.97. The van der Waals surface area contributed by atoms with Crippen LogP contribution >= 0.6 is 15.9 Å². The number of hydrogen-bond acceptors (Lipinski definition) is 4. The van der Waals surface area contributed by atoms with Crippen molar-refractivity contribution in [2.24, 2.45) is 5.73 Å². The SMILES string of the molecule is CN1CCN(NC(CN)c2ccc(F)cc2Br)CC1. The van der Waals surface area contributed by atoms with Crippen LogP contribution in [0.25, 0.3) is 0 Å². The van der Waals surface area contributed by atoms with E-state index in [1.807, 2.05) is 0 Å². The van der Waals surface area contributed by atoms with Crippen LogP contribution in [0.4, 0.5) is 4.39 Å². The van der Waals surface area contributed by atoms with E-state index in [2.05, 4.69) is 38.3 Å². The van der Waals surface area contributed by atoms with Crippen molar-refractivity contribution in [3.05, 3.63) is 34.1 Å². The molecule has 6 heteroatoms. The summed E-state index contributed by atoms with van der Waals surface area (Å²) in [5.41, 5.74) is 10.3. The normalized spacial score (nSPS) is 19.6. The fourth-order valence-electron chi connectivity index (χ4n) is 2.19. The van der Waals surface area contributed by atoms with Crippen LogP contribution in [0.1, 0.15) is 11.6 Å². The van der Waals surface area contributed by atoms with Gasteiger partial charge in [0.2, 0.25) is 0 Å². The highest BCUT2D eigenvalue weighted by Gasteiger charge is 2.19. The Hall–Kier alpha value is -0.530. The minimum absolute atomic E-state index is 0.00150. The van der Waals surface area contributed by atoms with Gasteiger partial charge in [-0.1, -0.05) is 22.0 Å². The van der Waals surface area contributed by atoms with Crippen molar-refractivity contribution in [3.63, 3.8) is 0 Å². The molecule has 3 N–H and O–H groups in total. The number of piperazine rings is 1. The zero-order valence-corrected chi connectivity index (χ0v) is 12.7. The van der Waals surface area contributed by atoms with Crippen molar-refractivity contribution in [1.82, 2.24) is 15.3 Å². The third-order valence-electron chi connectivity index (χ3n) is 3.42. The Balaban J connectivity index is 2.03. The fourth-order valence-corrected chi connectivity index (χ4v) is 2.82. The molecule has 0 aromatic heterocycles. The molecular weight excluding hydrogens is 311 g/mol. The summed E-state index contributed by atoms with van der Waals surface area (Å²) >= 11 is 3.40. The molecule has 1 aromatic carbocycles. The zero-order valence-electron chi connectivity index (χ0n) is 11.1. The molecule has 106 valence electrons. The number of nitrogens with one attached hydrogen (secondary N) is 1. The van der Waals surface area contributed by atoms with E-state index in [1.165, 1.54) is 12.1 Å². The van der Waals surface area contributed by atoms with Crippen molar-refractivity contribution >= 4 is 15.9 Å². The summed E-state index contributed by atoms with van der Waals surface area (Å²) in [5, 5.41) is 2.19. The summed E-state index contributed by atoms with van der Waals surface area (Å²) < 4.78 is 13.9. The van der Waals surface area contributed by atoms with Gasteiger partial charge in [0.1, 0.15) is 5.82 Å². The lowest BCUT2D eigenvalue weighted by Gasteiger charge is -2.35. The number of likely N-dealkylation sites (N-methyl/N-ethyl adjacent to an activating group) is 1.